The first-order valence-corrected chi connectivity index (χ1v) is 7.12. The molecule has 0 saturated carbocycles. The van der Waals surface area contributed by atoms with E-state index >= 15 is 0 Å². The molecule has 8 heteroatoms. The molecule has 0 fully saturated rings. The zero-order chi connectivity index (χ0) is 16.2. The van der Waals surface area contributed by atoms with E-state index in [0.717, 1.165) is 5.39 Å². The molecule has 0 saturated heterocycles. The number of aromatic nitrogens is 4. The van der Waals surface area contributed by atoms with Gasteiger partial charge in [-0.25, -0.2) is 4.98 Å². The van der Waals surface area contributed by atoms with Crippen molar-refractivity contribution in [3.63, 3.8) is 0 Å². The average molecular weight is 314 g/mol. The highest BCUT2D eigenvalue weighted by atomic mass is 16.5. The van der Waals surface area contributed by atoms with Crippen molar-refractivity contribution < 1.29 is 9.47 Å². The fourth-order valence-electron chi connectivity index (χ4n) is 2.27. The highest BCUT2D eigenvalue weighted by Crippen LogP contribution is 2.33. The molecule has 0 aliphatic rings. The molecular formula is C15H18N6O2. The summed E-state index contributed by atoms with van der Waals surface area (Å²) in [5.74, 6) is 2.04. The third kappa shape index (κ3) is 3.10. The number of ether oxygens (including phenoxy) is 2. The van der Waals surface area contributed by atoms with E-state index in [2.05, 4.69) is 20.4 Å². The lowest BCUT2D eigenvalue weighted by Crippen LogP contribution is -2.13. The van der Waals surface area contributed by atoms with Crippen LogP contribution in [0.3, 0.4) is 0 Å². The SMILES string of the molecule is COc1cc2nc(NCCn3cccn3)nc(N)c2cc1OC. The maximum atomic E-state index is 6.03. The van der Waals surface area contributed by atoms with Gasteiger partial charge in [0.05, 0.1) is 26.3 Å². The highest BCUT2D eigenvalue weighted by Gasteiger charge is 2.11. The summed E-state index contributed by atoms with van der Waals surface area (Å²) >= 11 is 0. The monoisotopic (exact) mass is 314 g/mol. The normalized spacial score (nSPS) is 10.7. The Morgan fingerprint density at radius 1 is 1.17 bits per heavy atom. The lowest BCUT2D eigenvalue weighted by molar-refractivity contribution is 0.356. The van der Waals surface area contributed by atoms with E-state index in [1.807, 2.05) is 16.9 Å². The van der Waals surface area contributed by atoms with Gasteiger partial charge in [-0.05, 0) is 12.1 Å². The molecule has 2 aromatic heterocycles. The number of rotatable bonds is 6. The molecule has 0 radical (unpaired) electrons. The third-order valence-corrected chi connectivity index (χ3v) is 3.41. The third-order valence-electron chi connectivity index (χ3n) is 3.41. The molecule has 0 bridgehead atoms. The van der Waals surface area contributed by atoms with Crippen molar-refractivity contribution in [1.82, 2.24) is 19.7 Å². The second kappa shape index (κ2) is 6.39. The van der Waals surface area contributed by atoms with Gasteiger partial charge < -0.3 is 20.5 Å². The molecule has 120 valence electrons. The van der Waals surface area contributed by atoms with Gasteiger partial charge in [-0.2, -0.15) is 10.1 Å². The van der Waals surface area contributed by atoms with Crippen molar-refractivity contribution in [2.75, 3.05) is 31.8 Å². The van der Waals surface area contributed by atoms with Crippen LogP contribution in [0.5, 0.6) is 11.5 Å². The molecule has 0 unspecified atom stereocenters. The summed E-state index contributed by atoms with van der Waals surface area (Å²) in [5, 5.41) is 8.01. The minimum Gasteiger partial charge on any atom is -0.493 e. The number of nitrogen functional groups attached to an aromatic ring is 1. The number of fused-ring (bicyclic) bond motifs is 1. The van der Waals surface area contributed by atoms with Crippen molar-refractivity contribution in [3.8, 4) is 11.5 Å². The number of hydrogen-bond acceptors (Lipinski definition) is 7. The lowest BCUT2D eigenvalue weighted by atomic mass is 10.2. The average Bonchev–Trinajstić information content (AvgIpc) is 3.07. The molecule has 0 amide bonds. The summed E-state index contributed by atoms with van der Waals surface area (Å²) < 4.78 is 12.4. The zero-order valence-corrected chi connectivity index (χ0v) is 13.0. The first-order chi connectivity index (χ1) is 11.2. The number of benzene rings is 1. The molecule has 0 spiro atoms. The van der Waals surface area contributed by atoms with Crippen LogP contribution in [0.15, 0.2) is 30.6 Å². The Balaban J connectivity index is 1.84. The summed E-state index contributed by atoms with van der Waals surface area (Å²) in [5.41, 5.74) is 6.72. The lowest BCUT2D eigenvalue weighted by Gasteiger charge is -2.11. The van der Waals surface area contributed by atoms with Gasteiger partial charge in [-0.15, -0.1) is 0 Å². The van der Waals surface area contributed by atoms with Crippen LogP contribution in [0.2, 0.25) is 0 Å². The Kier molecular flexibility index (Phi) is 4.13. The largest absolute Gasteiger partial charge is 0.493 e. The van der Waals surface area contributed by atoms with E-state index in [9.17, 15) is 0 Å². The fourth-order valence-corrected chi connectivity index (χ4v) is 2.27. The van der Waals surface area contributed by atoms with Gasteiger partial charge >= 0.3 is 0 Å². The minimum absolute atomic E-state index is 0.387. The number of nitrogens with zero attached hydrogens (tertiary/aromatic N) is 4. The van der Waals surface area contributed by atoms with Gasteiger partial charge in [-0.1, -0.05) is 0 Å². The van der Waals surface area contributed by atoms with Gasteiger partial charge in [0.2, 0.25) is 5.95 Å². The standard InChI is InChI=1S/C15H18N6O2/c1-22-12-8-10-11(9-13(12)23-2)19-15(20-14(10)16)17-5-7-21-6-3-4-18-21/h3-4,6,8-9H,5,7H2,1-2H3,(H3,16,17,19,20). The van der Waals surface area contributed by atoms with Gasteiger partial charge in [0.1, 0.15) is 5.82 Å². The van der Waals surface area contributed by atoms with Crippen LogP contribution in [-0.4, -0.2) is 40.5 Å². The quantitative estimate of drug-likeness (QED) is 0.711. The maximum absolute atomic E-state index is 6.03. The molecule has 3 N–H and O–H groups in total. The molecule has 3 aromatic rings. The van der Waals surface area contributed by atoms with Crippen LogP contribution in [0.1, 0.15) is 0 Å². The molecular weight excluding hydrogens is 296 g/mol. The molecule has 3 rings (SSSR count). The van der Waals surface area contributed by atoms with E-state index in [1.54, 1.807) is 32.5 Å². The fraction of sp³-hybridized carbons (Fsp3) is 0.267. The van der Waals surface area contributed by atoms with Gasteiger partial charge in [0, 0.05) is 30.4 Å². The van der Waals surface area contributed by atoms with E-state index in [1.165, 1.54) is 0 Å². The highest BCUT2D eigenvalue weighted by molar-refractivity contribution is 5.91. The van der Waals surface area contributed by atoms with Crippen molar-refractivity contribution in [1.29, 1.82) is 0 Å². The predicted octanol–water partition coefficient (Wildman–Crippen LogP) is 1.54. The number of methoxy groups -OCH3 is 2. The Morgan fingerprint density at radius 2 is 1.96 bits per heavy atom. The Bertz CT molecular complexity index is 803. The smallest absolute Gasteiger partial charge is 0.225 e. The summed E-state index contributed by atoms with van der Waals surface area (Å²) in [6, 6.07) is 5.44. The second-order valence-electron chi connectivity index (χ2n) is 4.85. The Hall–Kier alpha value is -3.03. The van der Waals surface area contributed by atoms with Crippen LogP contribution in [-0.2, 0) is 6.54 Å². The summed E-state index contributed by atoms with van der Waals surface area (Å²) in [6.07, 6.45) is 3.64. The van der Waals surface area contributed by atoms with Crippen LogP contribution < -0.4 is 20.5 Å². The first kappa shape index (κ1) is 14.9. The van der Waals surface area contributed by atoms with Crippen LogP contribution >= 0.6 is 0 Å². The van der Waals surface area contributed by atoms with Gasteiger partial charge in [0.15, 0.2) is 11.5 Å². The molecule has 23 heavy (non-hydrogen) atoms. The Morgan fingerprint density at radius 3 is 2.65 bits per heavy atom. The topological polar surface area (TPSA) is 100 Å². The number of nitrogens with one attached hydrogen (secondary N) is 1. The Labute approximate surface area is 133 Å². The molecule has 1 aromatic carbocycles. The molecule has 0 aliphatic carbocycles. The molecule has 2 heterocycles. The summed E-state index contributed by atoms with van der Waals surface area (Å²) in [7, 11) is 3.16. The number of anilines is 2. The zero-order valence-electron chi connectivity index (χ0n) is 13.0. The second-order valence-corrected chi connectivity index (χ2v) is 4.85. The van der Waals surface area contributed by atoms with Gasteiger partial charge in [-0.3, -0.25) is 4.68 Å². The van der Waals surface area contributed by atoms with E-state index < -0.39 is 0 Å². The predicted molar refractivity (Wildman–Crippen MR) is 87.8 cm³/mol. The minimum atomic E-state index is 0.387. The van der Waals surface area contributed by atoms with Crippen molar-refractivity contribution >= 4 is 22.7 Å². The van der Waals surface area contributed by atoms with Crippen molar-refractivity contribution in [2.45, 2.75) is 6.54 Å². The van der Waals surface area contributed by atoms with E-state index in [4.69, 9.17) is 15.2 Å². The van der Waals surface area contributed by atoms with Gasteiger partial charge in [0.25, 0.3) is 0 Å². The van der Waals surface area contributed by atoms with Crippen molar-refractivity contribution in [2.24, 2.45) is 0 Å². The molecule has 8 nitrogen and oxygen atoms in total. The van der Waals surface area contributed by atoms with E-state index in [-0.39, 0.29) is 0 Å². The summed E-state index contributed by atoms with van der Waals surface area (Å²) in [6.45, 7) is 1.35. The van der Waals surface area contributed by atoms with E-state index in [0.29, 0.717) is 41.9 Å². The summed E-state index contributed by atoms with van der Waals surface area (Å²) in [4.78, 5) is 8.75. The van der Waals surface area contributed by atoms with Crippen LogP contribution in [0, 0.1) is 0 Å². The van der Waals surface area contributed by atoms with Crippen LogP contribution in [0.4, 0.5) is 11.8 Å². The van der Waals surface area contributed by atoms with Crippen molar-refractivity contribution in [3.05, 3.63) is 30.6 Å². The number of nitrogens with two attached hydrogens (primary N) is 1. The number of hydrogen-bond donors (Lipinski definition) is 2. The maximum Gasteiger partial charge on any atom is 0.225 e. The first-order valence-electron chi connectivity index (χ1n) is 7.12. The molecule has 0 aliphatic heterocycles. The van der Waals surface area contributed by atoms with Crippen LogP contribution in [0.25, 0.3) is 10.9 Å². The molecule has 0 atom stereocenters.